The van der Waals surface area contributed by atoms with Gasteiger partial charge in [0.1, 0.15) is 0 Å². The molecule has 2 spiro atoms. The summed E-state index contributed by atoms with van der Waals surface area (Å²) in [6, 6.07) is 64.4. The normalized spacial score (nSPS) is 33.4. The minimum Gasteiger partial charge on any atom is -0.375 e. The molecular weight excluding hydrogens is 832 g/mol. The van der Waals surface area contributed by atoms with Gasteiger partial charge in [-0.1, -0.05) is 115 Å². The lowest BCUT2D eigenvalue weighted by Crippen LogP contribution is -2.59. The van der Waals surface area contributed by atoms with E-state index in [0.717, 1.165) is 35.5 Å². The van der Waals surface area contributed by atoms with Crippen LogP contribution >= 0.6 is 0 Å². The number of nitrogens with zero attached hydrogens (tertiary/aromatic N) is 2. The van der Waals surface area contributed by atoms with Crippen LogP contribution in [-0.4, -0.2) is 11.3 Å². The predicted molar refractivity (Wildman–Crippen MR) is 284 cm³/mol. The maximum atomic E-state index is 2.88. The molecule has 4 unspecified atom stereocenters. The van der Waals surface area contributed by atoms with Gasteiger partial charge in [0.15, 0.2) is 0 Å². The van der Waals surface area contributed by atoms with Gasteiger partial charge in [-0.15, -0.1) is 0 Å². The highest BCUT2D eigenvalue weighted by molar-refractivity contribution is 6.90. The fourth-order valence-corrected chi connectivity index (χ4v) is 20.3. The fourth-order valence-electron chi connectivity index (χ4n) is 20.3. The Balaban J connectivity index is 0.915. The molecule has 10 aliphatic rings. The van der Waals surface area contributed by atoms with Crippen LogP contribution in [0, 0.1) is 46.3 Å². The summed E-state index contributed by atoms with van der Waals surface area (Å²) in [4.78, 5) is 2.63. The second-order valence-corrected chi connectivity index (χ2v) is 24.8. The lowest BCUT2D eigenvalue weighted by atomic mass is 9.38. The highest BCUT2D eigenvalue weighted by atomic mass is 15.2. The largest absolute Gasteiger partial charge is 0.375 e. The third kappa shape index (κ3) is 4.06. The molecule has 0 saturated heterocycles. The zero-order valence-corrected chi connectivity index (χ0v) is 39.1. The standard InChI is InChI=1S/C66H53BN2/c1-3-9-38(10-4-1)40-15-19-51(20-16-40)68-58-21-17-41(39-11-5-2-6-12-39)23-56(58)67-61-59(68)24-42-13-7-8-14-52(42)60(61)55-31-44(64-34-49-27-46-28-50(35-64)66(46,49)37-64)30-54-53-29-43(18-22-57(53)69(67)62(54)55)63-32-47-25-45-26-48(33-63)65(45,47)36-63/h1-24,29-31,45-50H,25-28,32-37H2. The highest BCUT2D eigenvalue weighted by Gasteiger charge is 2.78. The SMILES string of the molecule is c1ccc(-c2ccc(N3c4ccc(-c5ccccc5)cc4B4c5c3cc3ccccc3c5-c3cc(C56CC7CC8CC(C5)C87C6)cc5c6cc(C78CC9CC%10CC(C7)C%109C8)ccc6n4c35)cc2)cc1. The summed E-state index contributed by atoms with van der Waals surface area (Å²) in [7, 11) is 0. The first-order valence-corrected chi connectivity index (χ1v) is 26.8. The summed E-state index contributed by atoms with van der Waals surface area (Å²) in [6.45, 7) is 0.00670. The highest BCUT2D eigenvalue weighted by Crippen LogP contribution is 2.86. The van der Waals surface area contributed by atoms with Gasteiger partial charge in [-0.05, 0) is 231 Å². The first-order chi connectivity index (χ1) is 34.0. The summed E-state index contributed by atoms with van der Waals surface area (Å²) in [5, 5.41) is 5.76. The second-order valence-electron chi connectivity index (χ2n) is 24.8. The van der Waals surface area contributed by atoms with Gasteiger partial charge >= 0.3 is 6.85 Å². The van der Waals surface area contributed by atoms with Crippen LogP contribution in [0.3, 0.4) is 0 Å². The molecule has 3 heterocycles. The molecule has 4 atom stereocenters. The molecule has 8 aliphatic carbocycles. The Hall–Kier alpha value is -6.32. The van der Waals surface area contributed by atoms with Crippen LogP contribution in [0.15, 0.2) is 164 Å². The third-order valence-electron chi connectivity index (χ3n) is 22.8. The van der Waals surface area contributed by atoms with Crippen molar-refractivity contribution in [3.63, 3.8) is 0 Å². The van der Waals surface area contributed by atoms with Crippen LogP contribution in [0.2, 0.25) is 0 Å². The van der Waals surface area contributed by atoms with Crippen molar-refractivity contribution in [1.29, 1.82) is 0 Å². The van der Waals surface area contributed by atoms with Gasteiger partial charge in [0, 0.05) is 44.4 Å². The van der Waals surface area contributed by atoms with Crippen LogP contribution in [0.5, 0.6) is 0 Å². The summed E-state index contributed by atoms with van der Waals surface area (Å²) in [5.41, 5.74) is 22.9. The Bertz CT molecular complexity index is 3790. The van der Waals surface area contributed by atoms with Gasteiger partial charge in [-0.25, -0.2) is 0 Å². The quantitative estimate of drug-likeness (QED) is 0.156. The molecule has 19 rings (SSSR count). The van der Waals surface area contributed by atoms with Gasteiger partial charge in [0.05, 0.1) is 0 Å². The number of anilines is 3. The second kappa shape index (κ2) is 11.8. The van der Waals surface area contributed by atoms with Gasteiger partial charge in [0.25, 0.3) is 0 Å². The van der Waals surface area contributed by atoms with Crippen molar-refractivity contribution in [3.05, 3.63) is 175 Å². The maximum Gasteiger partial charge on any atom is 0.333 e. The zero-order valence-electron chi connectivity index (χ0n) is 39.1. The molecule has 9 aromatic rings. The van der Waals surface area contributed by atoms with E-state index < -0.39 is 0 Å². The Morgan fingerprint density at radius 1 is 0.449 bits per heavy atom. The third-order valence-corrected chi connectivity index (χ3v) is 22.8. The Morgan fingerprint density at radius 3 is 1.71 bits per heavy atom. The molecule has 1 aromatic heterocycles. The minimum atomic E-state index is 0.00670. The first-order valence-electron chi connectivity index (χ1n) is 26.8. The van der Waals surface area contributed by atoms with E-state index in [4.69, 9.17) is 0 Å². The van der Waals surface area contributed by atoms with E-state index in [1.807, 2.05) is 0 Å². The Labute approximate surface area is 404 Å². The van der Waals surface area contributed by atoms with E-state index in [9.17, 15) is 0 Å². The van der Waals surface area contributed by atoms with Crippen molar-refractivity contribution in [2.75, 3.05) is 4.90 Å². The van der Waals surface area contributed by atoms with E-state index in [1.165, 1.54) is 158 Å². The van der Waals surface area contributed by atoms with E-state index in [0.29, 0.717) is 21.7 Å². The van der Waals surface area contributed by atoms with Crippen molar-refractivity contribution in [2.24, 2.45) is 46.3 Å². The molecule has 69 heavy (non-hydrogen) atoms. The average molecular weight is 885 g/mol. The molecule has 2 nitrogen and oxygen atoms in total. The molecule has 2 aliphatic heterocycles. The first kappa shape index (κ1) is 36.6. The van der Waals surface area contributed by atoms with Crippen LogP contribution in [-0.2, 0) is 10.8 Å². The zero-order chi connectivity index (χ0) is 44.3. The Morgan fingerprint density at radius 2 is 1.04 bits per heavy atom. The molecule has 8 saturated carbocycles. The smallest absolute Gasteiger partial charge is 0.333 e. The van der Waals surface area contributed by atoms with Crippen LogP contribution in [0.25, 0.3) is 66.0 Å². The van der Waals surface area contributed by atoms with Gasteiger partial charge in [-0.2, -0.15) is 0 Å². The molecule has 8 aromatic carbocycles. The molecule has 0 amide bonds. The Kier molecular flexibility index (Phi) is 6.27. The molecule has 8 fully saturated rings. The number of fused-ring (bicyclic) bond motifs is 11. The molecule has 4 bridgehead atoms. The molecule has 330 valence electrons. The fraction of sp³-hybridized carbons (Fsp3) is 0.303. The van der Waals surface area contributed by atoms with Crippen LogP contribution in [0.1, 0.15) is 75.3 Å². The van der Waals surface area contributed by atoms with Crippen LogP contribution < -0.4 is 15.8 Å². The average Bonchev–Trinajstić information content (AvgIpc) is 4.17. The van der Waals surface area contributed by atoms with E-state index in [1.54, 1.807) is 11.1 Å². The van der Waals surface area contributed by atoms with Crippen molar-refractivity contribution in [3.8, 4) is 33.4 Å². The van der Waals surface area contributed by atoms with Gasteiger partial charge in [-0.3, -0.25) is 0 Å². The topological polar surface area (TPSA) is 8.17 Å². The summed E-state index contributed by atoms with van der Waals surface area (Å²) in [6.07, 6.45) is 14.6. The van der Waals surface area contributed by atoms with Crippen LogP contribution in [0.4, 0.5) is 17.1 Å². The van der Waals surface area contributed by atoms with Crippen molar-refractivity contribution >= 4 is 67.4 Å². The van der Waals surface area contributed by atoms with E-state index in [2.05, 4.69) is 173 Å². The maximum absolute atomic E-state index is 2.88. The number of aromatic nitrogens is 1. The minimum absolute atomic E-state index is 0.00670. The summed E-state index contributed by atoms with van der Waals surface area (Å²) >= 11 is 0. The summed E-state index contributed by atoms with van der Waals surface area (Å²) < 4.78 is 2.88. The molecule has 3 heteroatoms. The molecular formula is C66H53BN2. The lowest BCUT2D eigenvalue weighted by Gasteiger charge is -2.66. The lowest BCUT2D eigenvalue weighted by molar-refractivity contribution is -0.175. The summed E-state index contributed by atoms with van der Waals surface area (Å²) in [5.74, 6) is 5.87. The van der Waals surface area contributed by atoms with Gasteiger partial charge < -0.3 is 9.38 Å². The van der Waals surface area contributed by atoms with E-state index in [-0.39, 0.29) is 6.85 Å². The number of rotatable bonds is 5. The van der Waals surface area contributed by atoms with Crippen molar-refractivity contribution in [1.82, 2.24) is 4.48 Å². The number of hydrogen-bond acceptors (Lipinski definition) is 1. The van der Waals surface area contributed by atoms with Crippen molar-refractivity contribution in [2.45, 2.75) is 75.0 Å². The predicted octanol–water partition coefficient (Wildman–Crippen LogP) is 14.9. The number of hydrogen-bond donors (Lipinski definition) is 0. The number of benzene rings is 8. The van der Waals surface area contributed by atoms with E-state index >= 15 is 0 Å². The van der Waals surface area contributed by atoms with Gasteiger partial charge in [0.2, 0.25) is 0 Å². The monoisotopic (exact) mass is 884 g/mol. The molecule has 0 radical (unpaired) electrons. The van der Waals surface area contributed by atoms with Crippen molar-refractivity contribution < 1.29 is 0 Å². The molecule has 0 N–H and O–H groups in total.